The Balaban J connectivity index is 1.56. The van der Waals surface area contributed by atoms with Gasteiger partial charge in [0.15, 0.2) is 5.82 Å². The molecule has 1 unspecified atom stereocenters. The SMILES string of the molecule is Cc1nnc2c(N3CCN(C(=O)c4cnn(C)c4)C(C)C3)nccn12. The minimum absolute atomic E-state index is 0.0183. The molecule has 0 aromatic carbocycles. The van der Waals surface area contributed by atoms with Gasteiger partial charge in [-0.05, 0) is 13.8 Å². The summed E-state index contributed by atoms with van der Waals surface area (Å²) < 4.78 is 3.58. The first-order valence-corrected chi connectivity index (χ1v) is 8.25. The van der Waals surface area contributed by atoms with Crippen LogP contribution in [0.4, 0.5) is 5.82 Å². The van der Waals surface area contributed by atoms with Gasteiger partial charge in [0.05, 0.1) is 11.8 Å². The van der Waals surface area contributed by atoms with Crippen molar-refractivity contribution in [1.82, 2.24) is 34.3 Å². The van der Waals surface area contributed by atoms with Gasteiger partial charge in [-0.2, -0.15) is 5.10 Å². The number of carbonyl (C=O) groups excluding carboxylic acids is 1. The van der Waals surface area contributed by atoms with Gasteiger partial charge in [-0.25, -0.2) is 4.98 Å². The van der Waals surface area contributed by atoms with E-state index in [-0.39, 0.29) is 11.9 Å². The number of fused-ring (bicyclic) bond motifs is 1. The van der Waals surface area contributed by atoms with Gasteiger partial charge in [0.2, 0.25) is 5.65 Å². The highest BCUT2D eigenvalue weighted by Gasteiger charge is 2.30. The number of nitrogens with zero attached hydrogens (tertiary/aromatic N) is 8. The van der Waals surface area contributed by atoms with E-state index in [9.17, 15) is 4.79 Å². The number of hydrogen-bond acceptors (Lipinski definition) is 6. The van der Waals surface area contributed by atoms with Crippen molar-refractivity contribution in [2.45, 2.75) is 19.9 Å². The first-order valence-electron chi connectivity index (χ1n) is 8.25. The molecule has 1 aliphatic rings. The Morgan fingerprint density at radius 3 is 2.84 bits per heavy atom. The molecule has 1 aliphatic heterocycles. The van der Waals surface area contributed by atoms with Gasteiger partial charge in [-0.1, -0.05) is 0 Å². The quantitative estimate of drug-likeness (QED) is 0.676. The standard InChI is InChI=1S/C16H20N8O/c1-11-9-22(14-15-20-19-12(2)24(15)5-4-17-14)6-7-23(11)16(25)13-8-18-21(3)10-13/h4-5,8,10-11H,6-7,9H2,1-3H3. The first-order chi connectivity index (χ1) is 12.0. The largest absolute Gasteiger partial charge is 0.350 e. The summed E-state index contributed by atoms with van der Waals surface area (Å²) in [7, 11) is 1.81. The molecule has 0 spiro atoms. The van der Waals surface area contributed by atoms with Crippen LogP contribution in [-0.4, -0.2) is 65.8 Å². The number of aryl methyl sites for hydroxylation is 2. The van der Waals surface area contributed by atoms with Gasteiger partial charge in [0.1, 0.15) is 5.82 Å². The Bertz CT molecular complexity index is 929. The molecule has 0 N–H and O–H groups in total. The summed E-state index contributed by atoms with van der Waals surface area (Å²) in [5.41, 5.74) is 1.37. The Hall–Kier alpha value is -2.97. The molecule has 0 bridgehead atoms. The highest BCUT2D eigenvalue weighted by molar-refractivity contribution is 5.94. The summed E-state index contributed by atoms with van der Waals surface area (Å²) in [5.74, 6) is 1.66. The molecule has 0 saturated carbocycles. The second-order valence-corrected chi connectivity index (χ2v) is 6.39. The maximum absolute atomic E-state index is 12.7. The average Bonchev–Trinajstić information content (AvgIpc) is 3.20. The summed E-state index contributed by atoms with van der Waals surface area (Å²) in [6.07, 6.45) is 6.99. The molecule has 130 valence electrons. The number of amides is 1. The van der Waals surface area contributed by atoms with Gasteiger partial charge in [-0.3, -0.25) is 13.9 Å². The van der Waals surface area contributed by atoms with E-state index >= 15 is 0 Å². The fourth-order valence-electron chi connectivity index (χ4n) is 3.30. The highest BCUT2D eigenvalue weighted by atomic mass is 16.2. The van der Waals surface area contributed by atoms with Crippen LogP contribution in [0.25, 0.3) is 5.65 Å². The molecule has 0 aliphatic carbocycles. The number of rotatable bonds is 2. The lowest BCUT2D eigenvalue weighted by molar-refractivity contribution is 0.0674. The van der Waals surface area contributed by atoms with Crippen molar-refractivity contribution in [3.63, 3.8) is 0 Å². The lowest BCUT2D eigenvalue weighted by Crippen LogP contribution is -2.54. The zero-order valence-electron chi connectivity index (χ0n) is 14.5. The number of piperazine rings is 1. The second kappa shape index (κ2) is 5.83. The van der Waals surface area contributed by atoms with E-state index in [4.69, 9.17) is 0 Å². The molecule has 3 aromatic rings. The summed E-state index contributed by atoms with van der Waals surface area (Å²) >= 11 is 0. The molecule has 4 rings (SSSR count). The Kier molecular flexibility index (Phi) is 3.63. The molecule has 1 saturated heterocycles. The van der Waals surface area contributed by atoms with Crippen molar-refractivity contribution in [3.8, 4) is 0 Å². The van der Waals surface area contributed by atoms with Crippen molar-refractivity contribution in [1.29, 1.82) is 0 Å². The van der Waals surface area contributed by atoms with Crippen LogP contribution in [0.2, 0.25) is 0 Å². The van der Waals surface area contributed by atoms with Gasteiger partial charge < -0.3 is 9.80 Å². The summed E-state index contributed by atoms with van der Waals surface area (Å²) in [5, 5.41) is 12.5. The monoisotopic (exact) mass is 340 g/mol. The van der Waals surface area contributed by atoms with Gasteiger partial charge in [0.25, 0.3) is 5.91 Å². The van der Waals surface area contributed by atoms with Crippen LogP contribution in [0.3, 0.4) is 0 Å². The lowest BCUT2D eigenvalue weighted by Gasteiger charge is -2.40. The Morgan fingerprint density at radius 2 is 2.12 bits per heavy atom. The van der Waals surface area contributed by atoms with Gasteiger partial charge >= 0.3 is 0 Å². The van der Waals surface area contributed by atoms with Crippen LogP contribution < -0.4 is 4.90 Å². The normalized spacial score (nSPS) is 18.1. The van der Waals surface area contributed by atoms with E-state index in [0.29, 0.717) is 25.2 Å². The third kappa shape index (κ3) is 2.61. The molecular formula is C16H20N8O. The number of anilines is 1. The molecular weight excluding hydrogens is 320 g/mol. The molecule has 1 atom stereocenters. The van der Waals surface area contributed by atoms with Gasteiger partial charge in [-0.15, -0.1) is 10.2 Å². The maximum atomic E-state index is 12.7. The summed E-state index contributed by atoms with van der Waals surface area (Å²) in [6, 6.07) is 0.0625. The molecule has 1 amide bonds. The van der Waals surface area contributed by atoms with Crippen molar-refractivity contribution >= 4 is 17.4 Å². The fourth-order valence-corrected chi connectivity index (χ4v) is 3.30. The third-order valence-corrected chi connectivity index (χ3v) is 4.62. The van der Waals surface area contributed by atoms with Crippen LogP contribution in [0.15, 0.2) is 24.8 Å². The predicted molar refractivity (Wildman–Crippen MR) is 91.4 cm³/mol. The van der Waals surface area contributed by atoms with E-state index in [1.54, 1.807) is 23.3 Å². The topological polar surface area (TPSA) is 84.5 Å². The van der Waals surface area contributed by atoms with E-state index in [1.807, 2.05) is 29.5 Å². The zero-order chi connectivity index (χ0) is 17.6. The smallest absolute Gasteiger partial charge is 0.257 e. The lowest BCUT2D eigenvalue weighted by atomic mass is 10.1. The van der Waals surface area contributed by atoms with E-state index < -0.39 is 0 Å². The highest BCUT2D eigenvalue weighted by Crippen LogP contribution is 2.22. The number of carbonyl (C=O) groups is 1. The van der Waals surface area contributed by atoms with E-state index in [0.717, 1.165) is 17.3 Å². The summed E-state index contributed by atoms with van der Waals surface area (Å²) in [6.45, 7) is 6.00. The molecule has 9 heteroatoms. The second-order valence-electron chi connectivity index (χ2n) is 6.39. The van der Waals surface area contributed by atoms with E-state index in [2.05, 4.69) is 32.1 Å². The molecule has 4 heterocycles. The van der Waals surface area contributed by atoms with Crippen LogP contribution in [-0.2, 0) is 7.05 Å². The minimum Gasteiger partial charge on any atom is -0.350 e. The minimum atomic E-state index is 0.0183. The van der Waals surface area contributed by atoms with Crippen molar-refractivity contribution in [3.05, 3.63) is 36.2 Å². The number of hydrogen-bond donors (Lipinski definition) is 0. The average molecular weight is 340 g/mol. The van der Waals surface area contributed by atoms with Crippen LogP contribution in [0.1, 0.15) is 23.1 Å². The van der Waals surface area contributed by atoms with Crippen molar-refractivity contribution in [2.75, 3.05) is 24.5 Å². The number of aromatic nitrogens is 6. The molecule has 1 fully saturated rings. The Morgan fingerprint density at radius 1 is 1.28 bits per heavy atom. The molecule has 0 radical (unpaired) electrons. The van der Waals surface area contributed by atoms with E-state index in [1.165, 1.54) is 0 Å². The van der Waals surface area contributed by atoms with Crippen molar-refractivity contribution in [2.24, 2.45) is 7.05 Å². The van der Waals surface area contributed by atoms with Gasteiger partial charge in [0, 0.05) is 51.3 Å². The summed E-state index contributed by atoms with van der Waals surface area (Å²) in [4.78, 5) is 21.2. The molecule has 3 aromatic heterocycles. The third-order valence-electron chi connectivity index (χ3n) is 4.62. The zero-order valence-corrected chi connectivity index (χ0v) is 14.5. The predicted octanol–water partition coefficient (Wildman–Crippen LogP) is 0.517. The maximum Gasteiger partial charge on any atom is 0.257 e. The van der Waals surface area contributed by atoms with Crippen molar-refractivity contribution < 1.29 is 4.79 Å². The molecule has 9 nitrogen and oxygen atoms in total. The van der Waals surface area contributed by atoms with Crippen LogP contribution >= 0.6 is 0 Å². The van der Waals surface area contributed by atoms with Crippen LogP contribution in [0, 0.1) is 6.92 Å². The first kappa shape index (κ1) is 15.6. The Labute approximate surface area is 144 Å². The molecule has 25 heavy (non-hydrogen) atoms. The van der Waals surface area contributed by atoms with Crippen LogP contribution in [0.5, 0.6) is 0 Å². The fraction of sp³-hybridized carbons (Fsp3) is 0.438.